The maximum atomic E-state index is 13.0. The molecule has 0 atom stereocenters. The van der Waals surface area contributed by atoms with Gasteiger partial charge in [0.15, 0.2) is 0 Å². The molecule has 0 aliphatic rings. The Kier molecular flexibility index (Phi) is 4.38. The Bertz CT molecular complexity index is 615. The van der Waals surface area contributed by atoms with E-state index < -0.39 is 0 Å². The van der Waals surface area contributed by atoms with Crippen molar-refractivity contribution in [2.24, 2.45) is 0 Å². The molecule has 0 aliphatic carbocycles. The van der Waals surface area contributed by atoms with Crippen LogP contribution < -0.4 is 0 Å². The van der Waals surface area contributed by atoms with Crippen molar-refractivity contribution in [3.63, 3.8) is 0 Å². The molecule has 0 radical (unpaired) electrons. The van der Waals surface area contributed by atoms with Crippen LogP contribution in [0.25, 0.3) is 0 Å². The first kappa shape index (κ1) is 14.2. The fourth-order valence-electron chi connectivity index (χ4n) is 1.84. The lowest BCUT2D eigenvalue weighted by Crippen LogP contribution is -2.04. The van der Waals surface area contributed by atoms with E-state index in [0.29, 0.717) is 22.4 Å². The molecule has 100 valence electrons. The molecule has 0 fully saturated rings. The Morgan fingerprint density at radius 1 is 1.21 bits per heavy atom. The van der Waals surface area contributed by atoms with Crippen molar-refractivity contribution >= 4 is 23.2 Å². The second kappa shape index (κ2) is 5.85. The second-order valence-corrected chi connectivity index (χ2v) is 5.03. The zero-order valence-electron chi connectivity index (χ0n) is 10.7. The lowest BCUT2D eigenvalue weighted by atomic mass is 10.1. The largest absolute Gasteiger partial charge is 0.237 e. The first-order valence-corrected chi connectivity index (χ1v) is 6.72. The van der Waals surface area contributed by atoms with Gasteiger partial charge in [-0.2, -0.15) is 0 Å². The van der Waals surface area contributed by atoms with Gasteiger partial charge in [0, 0.05) is 22.7 Å². The summed E-state index contributed by atoms with van der Waals surface area (Å²) in [7, 11) is 0. The van der Waals surface area contributed by atoms with Gasteiger partial charge in [-0.05, 0) is 31.0 Å². The molecule has 0 aliphatic heterocycles. The Balaban J connectivity index is 2.35. The number of rotatable bonds is 3. The highest BCUT2D eigenvalue weighted by atomic mass is 35.5. The number of nitrogens with zero attached hydrogens (tertiary/aromatic N) is 2. The van der Waals surface area contributed by atoms with E-state index in [0.717, 1.165) is 23.2 Å². The molecule has 1 aromatic heterocycles. The summed E-state index contributed by atoms with van der Waals surface area (Å²) in [5, 5.41) is 0.832. The van der Waals surface area contributed by atoms with Gasteiger partial charge in [0.25, 0.3) is 0 Å². The molecule has 2 rings (SSSR count). The van der Waals surface area contributed by atoms with E-state index in [1.807, 2.05) is 13.8 Å². The zero-order chi connectivity index (χ0) is 14.0. The van der Waals surface area contributed by atoms with Crippen molar-refractivity contribution in [1.29, 1.82) is 0 Å². The third-order valence-electron chi connectivity index (χ3n) is 2.93. The van der Waals surface area contributed by atoms with E-state index in [9.17, 15) is 4.39 Å². The highest BCUT2D eigenvalue weighted by Gasteiger charge is 2.10. The second-order valence-electron chi connectivity index (χ2n) is 4.27. The predicted octanol–water partition coefficient (Wildman–Crippen LogP) is 4.38. The lowest BCUT2D eigenvalue weighted by molar-refractivity contribution is 0.627. The minimum atomic E-state index is -0.356. The standard InChI is InChI=1S/C14H13Cl2FN2/c1-3-12-8(2)14(16)19-13(18-12)6-9-4-5-10(17)7-11(9)15/h4-5,7H,3,6H2,1-2H3. The molecule has 0 N–H and O–H groups in total. The van der Waals surface area contributed by atoms with Gasteiger partial charge in [-0.25, -0.2) is 14.4 Å². The van der Waals surface area contributed by atoms with Crippen molar-refractivity contribution in [2.45, 2.75) is 26.7 Å². The van der Waals surface area contributed by atoms with Crippen molar-refractivity contribution in [3.05, 3.63) is 56.8 Å². The van der Waals surface area contributed by atoms with E-state index in [2.05, 4.69) is 9.97 Å². The quantitative estimate of drug-likeness (QED) is 0.786. The number of aromatic nitrogens is 2. The summed E-state index contributed by atoms with van der Waals surface area (Å²) in [6.45, 7) is 3.91. The van der Waals surface area contributed by atoms with Crippen LogP contribution in [0.15, 0.2) is 18.2 Å². The summed E-state index contributed by atoms with van der Waals surface area (Å²) in [4.78, 5) is 8.70. The lowest BCUT2D eigenvalue weighted by Gasteiger charge is -2.08. The number of benzene rings is 1. The van der Waals surface area contributed by atoms with Crippen LogP contribution in [0.4, 0.5) is 4.39 Å². The van der Waals surface area contributed by atoms with Crippen molar-refractivity contribution in [3.8, 4) is 0 Å². The number of hydrogen-bond donors (Lipinski definition) is 0. The van der Waals surface area contributed by atoms with Crippen molar-refractivity contribution in [1.82, 2.24) is 9.97 Å². The van der Waals surface area contributed by atoms with E-state index >= 15 is 0 Å². The molecule has 0 saturated heterocycles. The van der Waals surface area contributed by atoms with Gasteiger partial charge in [-0.3, -0.25) is 0 Å². The number of halogens is 3. The fraction of sp³-hybridized carbons (Fsp3) is 0.286. The van der Waals surface area contributed by atoms with Gasteiger partial charge in [0.05, 0.1) is 0 Å². The van der Waals surface area contributed by atoms with E-state index in [4.69, 9.17) is 23.2 Å². The maximum absolute atomic E-state index is 13.0. The molecule has 2 nitrogen and oxygen atoms in total. The Labute approximate surface area is 121 Å². The van der Waals surface area contributed by atoms with Gasteiger partial charge in [-0.1, -0.05) is 36.2 Å². The van der Waals surface area contributed by atoms with Gasteiger partial charge in [0.1, 0.15) is 16.8 Å². The average molecular weight is 299 g/mol. The fourth-order valence-corrected chi connectivity index (χ4v) is 2.28. The molecule has 0 unspecified atom stereocenters. The summed E-state index contributed by atoms with van der Waals surface area (Å²) in [6.07, 6.45) is 1.23. The summed E-state index contributed by atoms with van der Waals surface area (Å²) in [6, 6.07) is 4.30. The summed E-state index contributed by atoms with van der Waals surface area (Å²) in [5.74, 6) is 0.242. The zero-order valence-corrected chi connectivity index (χ0v) is 12.2. The Morgan fingerprint density at radius 2 is 1.95 bits per heavy atom. The monoisotopic (exact) mass is 298 g/mol. The number of aryl methyl sites for hydroxylation is 1. The van der Waals surface area contributed by atoms with Crippen LogP contribution >= 0.6 is 23.2 Å². The summed E-state index contributed by atoms with van der Waals surface area (Å²) in [5.41, 5.74) is 2.61. The van der Waals surface area contributed by atoms with Crippen LogP contribution in [0.3, 0.4) is 0 Å². The summed E-state index contributed by atoms with van der Waals surface area (Å²) < 4.78 is 13.0. The van der Waals surface area contributed by atoms with E-state index in [1.54, 1.807) is 6.07 Å². The topological polar surface area (TPSA) is 25.8 Å². The van der Waals surface area contributed by atoms with Crippen LogP contribution in [0.1, 0.15) is 29.6 Å². The minimum Gasteiger partial charge on any atom is -0.237 e. The van der Waals surface area contributed by atoms with Gasteiger partial charge in [0.2, 0.25) is 0 Å². The molecule has 1 aromatic carbocycles. The highest BCUT2D eigenvalue weighted by molar-refractivity contribution is 6.31. The minimum absolute atomic E-state index is 0.356. The molecular formula is C14H13Cl2FN2. The Hall–Kier alpha value is -1.19. The molecule has 2 aromatic rings. The van der Waals surface area contributed by atoms with Crippen LogP contribution in [0.2, 0.25) is 10.2 Å². The molecular weight excluding hydrogens is 286 g/mol. The number of hydrogen-bond acceptors (Lipinski definition) is 2. The third-order valence-corrected chi connectivity index (χ3v) is 3.65. The van der Waals surface area contributed by atoms with Gasteiger partial charge in [-0.15, -0.1) is 0 Å². The highest BCUT2D eigenvalue weighted by Crippen LogP contribution is 2.22. The maximum Gasteiger partial charge on any atom is 0.135 e. The molecule has 0 bridgehead atoms. The first-order chi connectivity index (χ1) is 9.01. The van der Waals surface area contributed by atoms with Crippen molar-refractivity contribution < 1.29 is 4.39 Å². The summed E-state index contributed by atoms with van der Waals surface area (Å²) >= 11 is 12.1. The first-order valence-electron chi connectivity index (χ1n) is 5.97. The van der Waals surface area contributed by atoms with Gasteiger partial charge < -0.3 is 0 Å². The van der Waals surface area contributed by atoms with Crippen molar-refractivity contribution in [2.75, 3.05) is 0 Å². The predicted molar refractivity (Wildman–Crippen MR) is 75.4 cm³/mol. The molecule has 1 heterocycles. The Morgan fingerprint density at radius 3 is 2.58 bits per heavy atom. The smallest absolute Gasteiger partial charge is 0.135 e. The molecule has 0 saturated carbocycles. The van der Waals surface area contributed by atoms with Crippen LogP contribution in [0.5, 0.6) is 0 Å². The molecule has 0 spiro atoms. The van der Waals surface area contributed by atoms with E-state index in [1.165, 1.54) is 12.1 Å². The molecule has 5 heteroatoms. The molecule has 19 heavy (non-hydrogen) atoms. The van der Waals surface area contributed by atoms with Crippen LogP contribution in [-0.2, 0) is 12.8 Å². The normalized spacial score (nSPS) is 10.8. The third kappa shape index (κ3) is 3.23. The van der Waals surface area contributed by atoms with Gasteiger partial charge >= 0.3 is 0 Å². The van der Waals surface area contributed by atoms with Crippen LogP contribution in [-0.4, -0.2) is 9.97 Å². The average Bonchev–Trinajstić information content (AvgIpc) is 2.37. The van der Waals surface area contributed by atoms with E-state index in [-0.39, 0.29) is 5.82 Å². The molecule has 0 amide bonds. The SMILES string of the molecule is CCc1nc(Cc2ccc(F)cc2Cl)nc(Cl)c1C. The van der Waals surface area contributed by atoms with Crippen LogP contribution in [0, 0.1) is 12.7 Å².